The molecule has 0 aromatic carbocycles. The first-order valence-electron chi connectivity index (χ1n) is 8.89. The quantitative estimate of drug-likeness (QED) is 0.844. The molecule has 2 saturated heterocycles. The summed E-state index contributed by atoms with van der Waals surface area (Å²) in [6.45, 7) is 5.99. The van der Waals surface area contributed by atoms with Crippen LogP contribution in [0.3, 0.4) is 0 Å². The van der Waals surface area contributed by atoms with Gasteiger partial charge in [0, 0.05) is 58.0 Å². The van der Waals surface area contributed by atoms with Gasteiger partial charge in [0.25, 0.3) is 0 Å². The molecule has 25 heavy (non-hydrogen) atoms. The van der Waals surface area contributed by atoms with Crippen LogP contribution in [0.25, 0.3) is 0 Å². The first kappa shape index (κ1) is 16.2. The summed E-state index contributed by atoms with van der Waals surface area (Å²) in [6.07, 6.45) is 5.53. The molecule has 2 aliphatic heterocycles. The molecular weight excluding hydrogens is 318 g/mol. The van der Waals surface area contributed by atoms with Crippen molar-refractivity contribution in [2.24, 2.45) is 0 Å². The highest BCUT2D eigenvalue weighted by Crippen LogP contribution is 2.30. The lowest BCUT2D eigenvalue weighted by Gasteiger charge is -2.37. The van der Waals surface area contributed by atoms with Crippen LogP contribution in [0.15, 0.2) is 29.0 Å². The number of piperidine rings is 1. The van der Waals surface area contributed by atoms with E-state index in [1.807, 2.05) is 17.2 Å². The molecule has 0 unspecified atom stereocenters. The summed E-state index contributed by atoms with van der Waals surface area (Å²) in [5, 5.41) is 4.20. The maximum Gasteiger partial charge on any atom is 0.232 e. The van der Waals surface area contributed by atoms with Crippen LogP contribution in [-0.4, -0.2) is 57.0 Å². The number of nitrogens with zero attached hydrogens (tertiary/aromatic N) is 5. The first-order valence-corrected chi connectivity index (χ1v) is 8.89. The number of aromatic nitrogens is 3. The van der Waals surface area contributed by atoms with Crippen LogP contribution in [0.1, 0.15) is 48.9 Å². The lowest BCUT2D eigenvalue weighted by molar-refractivity contribution is -0.129. The summed E-state index contributed by atoms with van der Waals surface area (Å²) in [6, 6.07) is 4.06. The van der Waals surface area contributed by atoms with E-state index in [-0.39, 0.29) is 5.91 Å². The Morgan fingerprint density at radius 2 is 2.08 bits per heavy atom. The Balaban J connectivity index is 1.29. The second kappa shape index (κ2) is 6.92. The molecule has 0 saturated carbocycles. The highest BCUT2D eigenvalue weighted by molar-refractivity contribution is 5.73. The van der Waals surface area contributed by atoms with Crippen LogP contribution in [-0.2, 0) is 11.3 Å². The maximum atomic E-state index is 11.4. The zero-order chi connectivity index (χ0) is 17.2. The summed E-state index contributed by atoms with van der Waals surface area (Å²) in [4.78, 5) is 24.5. The third-order valence-corrected chi connectivity index (χ3v) is 5.20. The van der Waals surface area contributed by atoms with E-state index in [1.165, 1.54) is 5.56 Å². The molecule has 7 heteroatoms. The molecule has 0 bridgehead atoms. The fourth-order valence-electron chi connectivity index (χ4n) is 3.64. The van der Waals surface area contributed by atoms with Gasteiger partial charge in [-0.1, -0.05) is 11.2 Å². The van der Waals surface area contributed by atoms with Crippen molar-refractivity contribution in [2.45, 2.75) is 38.1 Å². The second-order valence-corrected chi connectivity index (χ2v) is 7.02. The minimum absolute atomic E-state index is 0.149. The zero-order valence-corrected chi connectivity index (χ0v) is 14.5. The summed E-state index contributed by atoms with van der Waals surface area (Å²) < 4.78 is 5.51. The van der Waals surface area contributed by atoms with Crippen molar-refractivity contribution >= 4 is 5.91 Å². The predicted octanol–water partition coefficient (Wildman–Crippen LogP) is 1.79. The highest BCUT2D eigenvalue weighted by atomic mass is 16.5. The van der Waals surface area contributed by atoms with Gasteiger partial charge in [-0.3, -0.25) is 14.7 Å². The van der Waals surface area contributed by atoms with Crippen LogP contribution < -0.4 is 0 Å². The van der Waals surface area contributed by atoms with Crippen LogP contribution in [0, 0.1) is 0 Å². The van der Waals surface area contributed by atoms with Crippen molar-refractivity contribution in [3.8, 4) is 0 Å². The van der Waals surface area contributed by atoms with E-state index >= 15 is 0 Å². The van der Waals surface area contributed by atoms with E-state index in [2.05, 4.69) is 26.1 Å². The maximum absolute atomic E-state index is 11.4. The number of carbonyl (C=O) groups excluding carboxylic acids is 1. The van der Waals surface area contributed by atoms with Gasteiger partial charge in [-0.15, -0.1) is 0 Å². The fraction of sp³-hybridized carbons (Fsp3) is 0.556. The lowest BCUT2D eigenvalue weighted by atomic mass is 9.95. The third kappa shape index (κ3) is 3.56. The van der Waals surface area contributed by atoms with Gasteiger partial charge in [-0.05, 0) is 24.5 Å². The molecule has 0 radical (unpaired) electrons. The van der Waals surface area contributed by atoms with Gasteiger partial charge in [0.2, 0.25) is 11.8 Å². The molecule has 132 valence electrons. The van der Waals surface area contributed by atoms with Gasteiger partial charge >= 0.3 is 0 Å². The monoisotopic (exact) mass is 341 g/mol. The van der Waals surface area contributed by atoms with Crippen molar-refractivity contribution in [2.75, 3.05) is 26.2 Å². The normalized spacial score (nSPS) is 19.8. The Bertz CT molecular complexity index is 718. The van der Waals surface area contributed by atoms with Gasteiger partial charge in [0.1, 0.15) is 0 Å². The van der Waals surface area contributed by atoms with E-state index in [1.54, 1.807) is 13.1 Å². The van der Waals surface area contributed by atoms with Crippen molar-refractivity contribution in [1.29, 1.82) is 0 Å². The molecule has 0 N–H and O–H groups in total. The largest absolute Gasteiger partial charge is 0.343 e. The van der Waals surface area contributed by atoms with Gasteiger partial charge in [-0.2, -0.15) is 4.98 Å². The van der Waals surface area contributed by atoms with E-state index in [9.17, 15) is 4.79 Å². The molecule has 4 rings (SSSR count). The summed E-state index contributed by atoms with van der Waals surface area (Å²) in [5.74, 6) is 2.35. The van der Waals surface area contributed by atoms with Crippen molar-refractivity contribution in [3.05, 3.63) is 41.8 Å². The molecule has 0 atom stereocenters. The molecule has 2 aliphatic rings. The molecule has 2 aromatic heterocycles. The minimum Gasteiger partial charge on any atom is -0.343 e. The van der Waals surface area contributed by atoms with Crippen LogP contribution in [0.5, 0.6) is 0 Å². The summed E-state index contributed by atoms with van der Waals surface area (Å²) in [5.41, 5.74) is 1.23. The molecule has 2 fully saturated rings. The van der Waals surface area contributed by atoms with Crippen molar-refractivity contribution in [3.63, 3.8) is 0 Å². The summed E-state index contributed by atoms with van der Waals surface area (Å²) in [7, 11) is 0. The zero-order valence-electron chi connectivity index (χ0n) is 14.5. The lowest BCUT2D eigenvalue weighted by Crippen LogP contribution is -2.44. The van der Waals surface area contributed by atoms with Crippen LogP contribution >= 0.6 is 0 Å². The third-order valence-electron chi connectivity index (χ3n) is 5.20. The van der Waals surface area contributed by atoms with Gasteiger partial charge in [0.15, 0.2) is 5.82 Å². The Morgan fingerprint density at radius 3 is 2.76 bits per heavy atom. The topological polar surface area (TPSA) is 75.4 Å². The SMILES string of the molecule is CC(=O)N1CCC(c2noc(C3CN(Cc4cccnc4)C3)n2)CC1. The molecule has 2 aromatic rings. The van der Waals surface area contributed by atoms with E-state index < -0.39 is 0 Å². The van der Waals surface area contributed by atoms with Gasteiger partial charge in [0.05, 0.1) is 5.92 Å². The minimum atomic E-state index is 0.149. The fourth-order valence-corrected chi connectivity index (χ4v) is 3.64. The number of amides is 1. The van der Waals surface area contributed by atoms with Gasteiger partial charge < -0.3 is 9.42 Å². The van der Waals surface area contributed by atoms with Crippen molar-refractivity contribution < 1.29 is 9.32 Å². The number of carbonyl (C=O) groups is 1. The molecule has 1 amide bonds. The van der Waals surface area contributed by atoms with Crippen molar-refractivity contribution in [1.82, 2.24) is 24.9 Å². The first-order chi connectivity index (χ1) is 12.2. The summed E-state index contributed by atoms with van der Waals surface area (Å²) >= 11 is 0. The van der Waals surface area contributed by atoms with E-state index in [4.69, 9.17) is 4.52 Å². The molecular formula is C18H23N5O2. The Morgan fingerprint density at radius 1 is 1.28 bits per heavy atom. The average Bonchev–Trinajstić information content (AvgIpc) is 3.08. The van der Waals surface area contributed by atoms with Gasteiger partial charge in [-0.25, -0.2) is 0 Å². The number of pyridine rings is 1. The second-order valence-electron chi connectivity index (χ2n) is 7.02. The smallest absolute Gasteiger partial charge is 0.232 e. The Kier molecular flexibility index (Phi) is 4.48. The average molecular weight is 341 g/mol. The highest BCUT2D eigenvalue weighted by Gasteiger charge is 2.34. The molecule has 0 spiro atoms. The predicted molar refractivity (Wildman–Crippen MR) is 90.8 cm³/mol. The standard InChI is InChI=1S/C18H23N5O2/c1-13(24)23-7-4-15(5-8-23)17-20-18(25-21-17)16-11-22(12-16)10-14-3-2-6-19-9-14/h2-3,6,9,15-16H,4-5,7-8,10-12H2,1H3. The van der Waals surface area contributed by atoms with E-state index in [0.717, 1.165) is 57.3 Å². The number of rotatable bonds is 4. The van der Waals surface area contributed by atoms with Crippen LogP contribution in [0.2, 0.25) is 0 Å². The van der Waals surface area contributed by atoms with Crippen LogP contribution in [0.4, 0.5) is 0 Å². The number of hydrogen-bond acceptors (Lipinski definition) is 6. The Labute approximate surface area is 147 Å². The molecule has 0 aliphatic carbocycles. The molecule has 4 heterocycles. The number of hydrogen-bond donors (Lipinski definition) is 0. The number of likely N-dealkylation sites (tertiary alicyclic amines) is 2. The Hall–Kier alpha value is -2.28. The van der Waals surface area contributed by atoms with E-state index in [0.29, 0.717) is 11.8 Å². The molecule has 7 nitrogen and oxygen atoms in total.